The smallest absolute Gasteiger partial charge is 0.251 e. The highest BCUT2D eigenvalue weighted by molar-refractivity contribution is 5.98. The molecule has 2 nitrogen and oxygen atoms in total. The molecule has 0 radical (unpaired) electrons. The van der Waals surface area contributed by atoms with E-state index in [1.54, 1.807) is 0 Å². The van der Waals surface area contributed by atoms with Gasteiger partial charge in [-0.05, 0) is 60.4 Å². The summed E-state index contributed by atoms with van der Waals surface area (Å²) in [5, 5.41) is 5.31. The van der Waals surface area contributed by atoms with Gasteiger partial charge in [-0.2, -0.15) is 0 Å². The maximum absolute atomic E-state index is 12.5. The van der Waals surface area contributed by atoms with Crippen LogP contribution in [0.25, 0.3) is 10.8 Å². The second-order valence-electron chi connectivity index (χ2n) is 6.10. The monoisotopic (exact) mass is 303 g/mol. The minimum absolute atomic E-state index is 0.0201. The Hall–Kier alpha value is -2.61. The summed E-state index contributed by atoms with van der Waals surface area (Å²) in [6.45, 7) is 6.21. The molecule has 0 aliphatic rings. The Morgan fingerprint density at radius 3 is 2.35 bits per heavy atom. The molecule has 0 unspecified atom stereocenters. The van der Waals surface area contributed by atoms with Crippen LogP contribution in [0.5, 0.6) is 0 Å². The molecule has 0 saturated heterocycles. The standard InChI is InChI=1S/C21H21NO/c1-14-8-9-18(12-15(14)2)16(3)22-21(23)20-11-10-17-6-4-5-7-19(17)13-20/h4-13,16H,1-3H3,(H,22,23)/t16-/m1/s1. The molecule has 23 heavy (non-hydrogen) atoms. The predicted molar refractivity (Wildman–Crippen MR) is 95.7 cm³/mol. The van der Waals surface area contributed by atoms with Crippen molar-refractivity contribution >= 4 is 16.7 Å². The molecule has 0 aliphatic carbocycles. The molecular weight excluding hydrogens is 282 g/mol. The molecule has 0 aliphatic heterocycles. The van der Waals surface area contributed by atoms with Gasteiger partial charge < -0.3 is 5.32 Å². The van der Waals surface area contributed by atoms with Gasteiger partial charge in [0.2, 0.25) is 0 Å². The van der Waals surface area contributed by atoms with Gasteiger partial charge in [0.1, 0.15) is 0 Å². The number of hydrogen-bond acceptors (Lipinski definition) is 1. The Kier molecular flexibility index (Phi) is 4.16. The lowest BCUT2D eigenvalue weighted by Crippen LogP contribution is -2.26. The Balaban J connectivity index is 1.80. The van der Waals surface area contributed by atoms with Gasteiger partial charge in [-0.1, -0.05) is 48.5 Å². The van der Waals surface area contributed by atoms with Crippen molar-refractivity contribution in [3.63, 3.8) is 0 Å². The van der Waals surface area contributed by atoms with Crippen LogP contribution in [-0.2, 0) is 0 Å². The van der Waals surface area contributed by atoms with Gasteiger partial charge in [0.15, 0.2) is 0 Å². The zero-order valence-electron chi connectivity index (χ0n) is 13.8. The Morgan fingerprint density at radius 2 is 1.61 bits per heavy atom. The molecular formula is C21H21NO. The van der Waals surface area contributed by atoms with Crippen molar-refractivity contribution in [2.24, 2.45) is 0 Å². The van der Waals surface area contributed by atoms with Gasteiger partial charge in [0.05, 0.1) is 6.04 Å². The summed E-state index contributed by atoms with van der Waals surface area (Å²) in [4.78, 5) is 12.5. The van der Waals surface area contributed by atoms with E-state index in [1.165, 1.54) is 11.1 Å². The average molecular weight is 303 g/mol. The molecule has 0 aromatic heterocycles. The van der Waals surface area contributed by atoms with Crippen molar-refractivity contribution in [3.05, 3.63) is 82.9 Å². The first-order valence-corrected chi connectivity index (χ1v) is 7.91. The minimum atomic E-state index is -0.0403. The largest absolute Gasteiger partial charge is 0.346 e. The van der Waals surface area contributed by atoms with Crippen LogP contribution in [-0.4, -0.2) is 5.91 Å². The number of carbonyl (C=O) groups excluding carboxylic acids is 1. The number of benzene rings is 3. The third-order valence-electron chi connectivity index (χ3n) is 4.39. The van der Waals surface area contributed by atoms with Crippen LogP contribution in [0, 0.1) is 13.8 Å². The third kappa shape index (κ3) is 3.26. The summed E-state index contributed by atoms with van der Waals surface area (Å²) in [5.41, 5.74) is 4.33. The zero-order chi connectivity index (χ0) is 16.4. The number of nitrogens with one attached hydrogen (secondary N) is 1. The summed E-state index contributed by atoms with van der Waals surface area (Å²) in [5.74, 6) is -0.0403. The molecule has 2 heteroatoms. The van der Waals surface area contributed by atoms with Crippen molar-refractivity contribution in [2.45, 2.75) is 26.8 Å². The molecule has 3 rings (SSSR count). The highest BCUT2D eigenvalue weighted by atomic mass is 16.1. The van der Waals surface area contributed by atoms with Crippen molar-refractivity contribution in [1.82, 2.24) is 5.32 Å². The topological polar surface area (TPSA) is 29.1 Å². The van der Waals surface area contributed by atoms with Crippen molar-refractivity contribution in [1.29, 1.82) is 0 Å². The van der Waals surface area contributed by atoms with Crippen molar-refractivity contribution < 1.29 is 4.79 Å². The lowest BCUT2D eigenvalue weighted by Gasteiger charge is -2.16. The van der Waals surface area contributed by atoms with E-state index in [0.29, 0.717) is 5.56 Å². The molecule has 3 aromatic rings. The second kappa shape index (κ2) is 6.25. The quantitative estimate of drug-likeness (QED) is 0.729. The van der Waals surface area contributed by atoms with E-state index in [2.05, 4.69) is 43.4 Å². The van der Waals surface area contributed by atoms with E-state index in [9.17, 15) is 4.79 Å². The number of carbonyl (C=O) groups is 1. The first kappa shape index (κ1) is 15.3. The average Bonchev–Trinajstić information content (AvgIpc) is 2.56. The maximum Gasteiger partial charge on any atom is 0.251 e. The lowest BCUT2D eigenvalue weighted by molar-refractivity contribution is 0.0940. The molecule has 0 fully saturated rings. The molecule has 0 saturated carbocycles. The molecule has 0 spiro atoms. The van der Waals surface area contributed by atoms with E-state index < -0.39 is 0 Å². The van der Waals surface area contributed by atoms with Crippen LogP contribution < -0.4 is 5.32 Å². The Labute approximate surface area is 137 Å². The maximum atomic E-state index is 12.5. The van der Waals surface area contributed by atoms with Gasteiger partial charge in [-0.25, -0.2) is 0 Å². The van der Waals surface area contributed by atoms with Crippen LogP contribution >= 0.6 is 0 Å². The first-order chi connectivity index (χ1) is 11.0. The van der Waals surface area contributed by atoms with Crippen LogP contribution in [0.15, 0.2) is 60.7 Å². The minimum Gasteiger partial charge on any atom is -0.346 e. The fraction of sp³-hybridized carbons (Fsp3) is 0.190. The van der Waals surface area contributed by atoms with Crippen molar-refractivity contribution in [2.75, 3.05) is 0 Å². The number of fused-ring (bicyclic) bond motifs is 1. The van der Waals surface area contributed by atoms with E-state index in [1.807, 2.05) is 43.3 Å². The zero-order valence-corrected chi connectivity index (χ0v) is 13.8. The van der Waals surface area contributed by atoms with E-state index in [4.69, 9.17) is 0 Å². The van der Waals surface area contributed by atoms with E-state index in [0.717, 1.165) is 16.3 Å². The summed E-state index contributed by atoms with van der Waals surface area (Å²) >= 11 is 0. The number of amides is 1. The molecule has 1 N–H and O–H groups in total. The summed E-state index contributed by atoms with van der Waals surface area (Å²) in [7, 11) is 0. The molecule has 1 amide bonds. The van der Waals surface area contributed by atoms with Crippen LogP contribution in [0.2, 0.25) is 0 Å². The molecule has 0 heterocycles. The van der Waals surface area contributed by atoms with Crippen LogP contribution in [0.3, 0.4) is 0 Å². The van der Waals surface area contributed by atoms with Gasteiger partial charge in [-0.3, -0.25) is 4.79 Å². The Bertz CT molecular complexity index is 867. The second-order valence-corrected chi connectivity index (χ2v) is 6.10. The number of rotatable bonds is 3. The number of hydrogen-bond donors (Lipinski definition) is 1. The lowest BCUT2D eigenvalue weighted by atomic mass is 10.0. The third-order valence-corrected chi connectivity index (χ3v) is 4.39. The van der Waals surface area contributed by atoms with Crippen molar-refractivity contribution in [3.8, 4) is 0 Å². The van der Waals surface area contributed by atoms with Crippen LogP contribution in [0.4, 0.5) is 0 Å². The highest BCUT2D eigenvalue weighted by Gasteiger charge is 2.12. The molecule has 116 valence electrons. The normalized spacial score (nSPS) is 12.1. The van der Waals surface area contributed by atoms with Gasteiger partial charge >= 0.3 is 0 Å². The molecule has 0 bridgehead atoms. The number of aryl methyl sites for hydroxylation is 2. The van der Waals surface area contributed by atoms with Gasteiger partial charge in [0, 0.05) is 5.56 Å². The Morgan fingerprint density at radius 1 is 0.870 bits per heavy atom. The summed E-state index contributed by atoms with van der Waals surface area (Å²) in [6, 6.07) is 20.2. The predicted octanol–water partition coefficient (Wildman–Crippen LogP) is 4.95. The van der Waals surface area contributed by atoms with Crippen LogP contribution in [0.1, 0.15) is 40.0 Å². The highest BCUT2D eigenvalue weighted by Crippen LogP contribution is 2.19. The fourth-order valence-corrected chi connectivity index (χ4v) is 2.73. The summed E-state index contributed by atoms with van der Waals surface area (Å²) < 4.78 is 0. The van der Waals surface area contributed by atoms with E-state index >= 15 is 0 Å². The molecule has 1 atom stereocenters. The van der Waals surface area contributed by atoms with Gasteiger partial charge in [-0.15, -0.1) is 0 Å². The molecule has 3 aromatic carbocycles. The fourth-order valence-electron chi connectivity index (χ4n) is 2.73. The summed E-state index contributed by atoms with van der Waals surface area (Å²) in [6.07, 6.45) is 0. The first-order valence-electron chi connectivity index (χ1n) is 7.91. The van der Waals surface area contributed by atoms with Gasteiger partial charge in [0.25, 0.3) is 5.91 Å². The SMILES string of the molecule is Cc1ccc([C@@H](C)NC(=O)c2ccc3ccccc3c2)cc1C. The van der Waals surface area contributed by atoms with E-state index in [-0.39, 0.29) is 11.9 Å².